The number of hydrogen-bond acceptors (Lipinski definition) is 7. The zero-order valence-corrected chi connectivity index (χ0v) is 16.2. The van der Waals surface area contributed by atoms with E-state index in [1.807, 2.05) is 14.1 Å². The minimum absolute atomic E-state index is 0.483. The number of nitrogens with zero attached hydrogens (tertiary/aromatic N) is 4. The fourth-order valence-electron chi connectivity index (χ4n) is 4.02. The molecule has 7 nitrogen and oxygen atoms in total. The maximum Gasteiger partial charge on any atom is 0.140 e. The SMILES string of the molecule is CN(C)c1nc2sc(C(=N)N3CCNCC3)c(N=N)c2c2c1CCCC2. The normalized spacial score (nSPS) is 17.2. The highest BCUT2D eigenvalue weighted by Gasteiger charge is 2.27. The largest absolute Gasteiger partial charge is 0.362 e. The highest BCUT2D eigenvalue weighted by molar-refractivity contribution is 7.21. The zero-order chi connectivity index (χ0) is 18.3. The summed E-state index contributed by atoms with van der Waals surface area (Å²) in [6.07, 6.45) is 4.39. The molecule has 2 aliphatic rings. The van der Waals surface area contributed by atoms with Gasteiger partial charge in [0.15, 0.2) is 0 Å². The molecule has 0 bridgehead atoms. The molecule has 1 saturated heterocycles. The van der Waals surface area contributed by atoms with Crippen LogP contribution >= 0.6 is 11.3 Å². The second-order valence-electron chi connectivity index (χ2n) is 7.15. The van der Waals surface area contributed by atoms with Gasteiger partial charge >= 0.3 is 0 Å². The number of pyridine rings is 1. The summed E-state index contributed by atoms with van der Waals surface area (Å²) in [5.74, 6) is 1.52. The number of amidine groups is 1. The standard InChI is InChI=1S/C18H25N7S/c1-24(2)17-12-6-4-3-5-11(12)13-14(23-20)15(26-18(13)22-17)16(19)25-9-7-21-8-10-25/h19-21H,3-10H2,1-2H3. The Hall–Kier alpha value is -2.06. The van der Waals surface area contributed by atoms with E-state index in [1.54, 1.807) is 0 Å². The molecular weight excluding hydrogens is 346 g/mol. The van der Waals surface area contributed by atoms with E-state index in [0.29, 0.717) is 11.5 Å². The van der Waals surface area contributed by atoms with Gasteiger partial charge in [0.25, 0.3) is 0 Å². The third kappa shape index (κ3) is 2.77. The molecule has 1 aliphatic carbocycles. The average Bonchev–Trinajstić information content (AvgIpc) is 3.06. The lowest BCUT2D eigenvalue weighted by molar-refractivity contribution is 0.357. The number of rotatable bonds is 3. The number of aromatic nitrogens is 1. The molecule has 0 amide bonds. The number of nitrogens with one attached hydrogen (secondary N) is 3. The van der Waals surface area contributed by atoms with Gasteiger partial charge in [0.05, 0.1) is 4.88 Å². The Morgan fingerprint density at radius 2 is 1.88 bits per heavy atom. The minimum atomic E-state index is 0.483. The molecular formula is C18H25N7S. The molecule has 0 spiro atoms. The minimum Gasteiger partial charge on any atom is -0.362 e. The quantitative estimate of drug-likeness (QED) is 0.439. The molecule has 0 unspecified atom stereocenters. The van der Waals surface area contributed by atoms with Gasteiger partial charge in [-0.25, -0.2) is 10.5 Å². The van der Waals surface area contributed by atoms with Crippen molar-refractivity contribution in [2.75, 3.05) is 45.2 Å². The maximum atomic E-state index is 8.71. The van der Waals surface area contributed by atoms with Gasteiger partial charge in [-0.1, -0.05) is 0 Å². The van der Waals surface area contributed by atoms with Crippen molar-refractivity contribution in [2.45, 2.75) is 25.7 Å². The molecule has 4 rings (SSSR count). The van der Waals surface area contributed by atoms with Gasteiger partial charge in [-0.15, -0.1) is 11.3 Å². The smallest absolute Gasteiger partial charge is 0.140 e. The molecule has 3 N–H and O–H groups in total. The molecule has 1 fully saturated rings. The van der Waals surface area contributed by atoms with E-state index in [4.69, 9.17) is 15.9 Å². The fraction of sp³-hybridized carbons (Fsp3) is 0.556. The topological polar surface area (TPSA) is 91.5 Å². The Bertz CT molecular complexity index is 864. The van der Waals surface area contributed by atoms with E-state index >= 15 is 0 Å². The average molecular weight is 372 g/mol. The highest BCUT2D eigenvalue weighted by Crippen LogP contribution is 2.44. The third-order valence-electron chi connectivity index (χ3n) is 5.30. The van der Waals surface area contributed by atoms with E-state index in [2.05, 4.69) is 20.2 Å². The van der Waals surface area contributed by atoms with E-state index in [0.717, 1.165) is 66.4 Å². The van der Waals surface area contributed by atoms with Crippen LogP contribution in [0.4, 0.5) is 11.5 Å². The number of piperazine rings is 1. The van der Waals surface area contributed by atoms with Crippen LogP contribution in [0.2, 0.25) is 0 Å². The van der Waals surface area contributed by atoms with Crippen LogP contribution in [0.25, 0.3) is 10.2 Å². The summed E-state index contributed by atoms with van der Waals surface area (Å²) < 4.78 is 0. The first kappa shape index (κ1) is 17.4. The van der Waals surface area contributed by atoms with Crippen LogP contribution in [0.3, 0.4) is 0 Å². The van der Waals surface area contributed by atoms with Crippen molar-refractivity contribution >= 4 is 38.9 Å². The predicted octanol–water partition coefficient (Wildman–Crippen LogP) is 3.13. The van der Waals surface area contributed by atoms with Crippen LogP contribution in [0, 0.1) is 10.9 Å². The summed E-state index contributed by atoms with van der Waals surface area (Å²) in [5.41, 5.74) is 11.1. The Kier molecular flexibility index (Phi) is 4.62. The lowest BCUT2D eigenvalue weighted by atomic mass is 9.89. The lowest BCUT2D eigenvalue weighted by Gasteiger charge is -2.29. The summed E-state index contributed by atoms with van der Waals surface area (Å²) >= 11 is 1.52. The number of fused-ring (bicyclic) bond motifs is 3. The van der Waals surface area contributed by atoms with Crippen LogP contribution in [0.1, 0.15) is 28.8 Å². The number of anilines is 1. The van der Waals surface area contributed by atoms with Gasteiger partial charge in [0, 0.05) is 45.7 Å². The molecule has 0 aromatic carbocycles. The molecule has 138 valence electrons. The van der Waals surface area contributed by atoms with Gasteiger partial charge in [-0.3, -0.25) is 5.41 Å². The molecule has 0 radical (unpaired) electrons. The molecule has 3 heterocycles. The van der Waals surface area contributed by atoms with Crippen molar-refractivity contribution in [3.63, 3.8) is 0 Å². The van der Waals surface area contributed by atoms with Crippen LogP contribution in [0.5, 0.6) is 0 Å². The molecule has 0 atom stereocenters. The summed E-state index contributed by atoms with van der Waals surface area (Å²) in [7, 11) is 4.08. The zero-order valence-electron chi connectivity index (χ0n) is 15.4. The second kappa shape index (κ2) is 6.92. The van der Waals surface area contributed by atoms with Crippen molar-refractivity contribution < 1.29 is 0 Å². The summed E-state index contributed by atoms with van der Waals surface area (Å²) in [6, 6.07) is 0. The van der Waals surface area contributed by atoms with Crippen LogP contribution in [-0.4, -0.2) is 56.0 Å². The molecule has 2 aromatic rings. The van der Waals surface area contributed by atoms with E-state index in [-0.39, 0.29) is 0 Å². The second-order valence-corrected chi connectivity index (χ2v) is 8.15. The van der Waals surface area contributed by atoms with Crippen molar-refractivity contribution in [1.29, 1.82) is 10.9 Å². The monoisotopic (exact) mass is 371 g/mol. The van der Waals surface area contributed by atoms with Crippen molar-refractivity contribution in [3.05, 3.63) is 16.0 Å². The van der Waals surface area contributed by atoms with E-state index in [1.165, 1.54) is 28.9 Å². The summed E-state index contributed by atoms with van der Waals surface area (Å²) in [5, 5.41) is 16.9. The maximum absolute atomic E-state index is 8.71. The van der Waals surface area contributed by atoms with Gasteiger partial charge in [0.1, 0.15) is 22.2 Å². The summed E-state index contributed by atoms with van der Waals surface area (Å²) in [6.45, 7) is 3.41. The van der Waals surface area contributed by atoms with Crippen LogP contribution in [0.15, 0.2) is 5.11 Å². The Balaban J connectivity index is 1.90. The number of aryl methyl sites for hydroxylation is 1. The van der Waals surface area contributed by atoms with Crippen molar-refractivity contribution in [2.24, 2.45) is 5.11 Å². The Morgan fingerprint density at radius 3 is 2.54 bits per heavy atom. The Morgan fingerprint density at radius 1 is 1.19 bits per heavy atom. The molecule has 26 heavy (non-hydrogen) atoms. The van der Waals surface area contributed by atoms with Gasteiger partial charge in [-0.05, 0) is 36.8 Å². The first-order valence-electron chi connectivity index (χ1n) is 9.19. The molecule has 2 aromatic heterocycles. The molecule has 0 saturated carbocycles. The third-order valence-corrected chi connectivity index (χ3v) is 6.37. The highest BCUT2D eigenvalue weighted by atomic mass is 32.1. The lowest BCUT2D eigenvalue weighted by Crippen LogP contribution is -2.46. The molecule has 1 aliphatic heterocycles. The van der Waals surface area contributed by atoms with Crippen LogP contribution < -0.4 is 10.2 Å². The van der Waals surface area contributed by atoms with E-state index in [9.17, 15) is 0 Å². The van der Waals surface area contributed by atoms with Gasteiger partial charge < -0.3 is 15.1 Å². The number of hydrogen-bond donors (Lipinski definition) is 3. The van der Waals surface area contributed by atoms with Gasteiger partial charge in [0.2, 0.25) is 0 Å². The van der Waals surface area contributed by atoms with E-state index < -0.39 is 0 Å². The first-order chi connectivity index (χ1) is 12.6. The fourth-order valence-corrected chi connectivity index (χ4v) is 5.14. The first-order valence-corrected chi connectivity index (χ1v) is 10.0. The predicted molar refractivity (Wildman–Crippen MR) is 107 cm³/mol. The molecule has 8 heteroatoms. The summed E-state index contributed by atoms with van der Waals surface area (Å²) in [4.78, 5) is 10.8. The van der Waals surface area contributed by atoms with Crippen molar-refractivity contribution in [3.8, 4) is 0 Å². The number of thiophene rings is 1. The Labute approximate surface area is 157 Å². The van der Waals surface area contributed by atoms with Crippen LogP contribution in [-0.2, 0) is 12.8 Å². The van der Waals surface area contributed by atoms with Gasteiger partial charge in [-0.2, -0.15) is 5.11 Å². The van der Waals surface area contributed by atoms with Crippen molar-refractivity contribution in [1.82, 2.24) is 15.2 Å².